The molecule has 2 saturated heterocycles. The number of hydrogen-bond donors (Lipinski definition) is 1. The summed E-state index contributed by atoms with van der Waals surface area (Å²) in [6.07, 6.45) is 2.83. The van der Waals surface area contributed by atoms with Crippen molar-refractivity contribution >= 4 is 5.91 Å². The van der Waals surface area contributed by atoms with Crippen molar-refractivity contribution in [2.75, 3.05) is 59.5 Å². The van der Waals surface area contributed by atoms with Crippen LogP contribution in [0.3, 0.4) is 0 Å². The zero-order chi connectivity index (χ0) is 16.9. The van der Waals surface area contributed by atoms with Crippen molar-refractivity contribution in [3.63, 3.8) is 0 Å². The molecule has 24 heavy (non-hydrogen) atoms. The quantitative estimate of drug-likeness (QED) is 0.865. The van der Waals surface area contributed by atoms with Crippen LogP contribution >= 0.6 is 0 Å². The monoisotopic (exact) mass is 332 g/mol. The first-order chi connectivity index (χ1) is 11.7. The lowest BCUT2D eigenvalue weighted by atomic mass is 9.96. The van der Waals surface area contributed by atoms with Gasteiger partial charge in [-0.05, 0) is 44.6 Å². The minimum atomic E-state index is -0.0212. The number of nitrogens with zero attached hydrogens (tertiary/aromatic N) is 4. The van der Waals surface area contributed by atoms with E-state index >= 15 is 0 Å². The van der Waals surface area contributed by atoms with Crippen LogP contribution in [-0.4, -0.2) is 90.2 Å². The Labute approximate surface area is 144 Å². The molecule has 132 valence electrons. The van der Waals surface area contributed by atoms with E-state index in [1.54, 1.807) is 12.3 Å². The van der Waals surface area contributed by atoms with Crippen LogP contribution in [0.1, 0.15) is 16.9 Å². The van der Waals surface area contributed by atoms with Gasteiger partial charge in [0.1, 0.15) is 5.69 Å². The Morgan fingerprint density at radius 1 is 1.21 bits per heavy atom. The number of likely N-dealkylation sites (N-methyl/N-ethyl adjacent to an activating group) is 1. The van der Waals surface area contributed by atoms with Crippen LogP contribution < -0.4 is 0 Å². The molecule has 2 aliphatic rings. The molecule has 3 heterocycles. The topological polar surface area (TPSA) is 59.9 Å². The fourth-order valence-electron chi connectivity index (χ4n) is 3.78. The number of aliphatic hydroxyl groups is 1. The van der Waals surface area contributed by atoms with Crippen molar-refractivity contribution in [1.29, 1.82) is 0 Å². The first kappa shape index (κ1) is 17.3. The van der Waals surface area contributed by atoms with Crippen LogP contribution in [-0.2, 0) is 0 Å². The molecular weight excluding hydrogens is 304 g/mol. The Kier molecular flexibility index (Phi) is 5.81. The molecule has 0 radical (unpaired) electrons. The third kappa shape index (κ3) is 4.12. The molecule has 2 fully saturated rings. The zero-order valence-electron chi connectivity index (χ0n) is 14.5. The standard InChI is InChI=1S/C18H28N4O2/c1-20-7-4-8-21(10-9-20)11-15-12-22(13-16(15)14-23)18(24)17-5-2-3-6-19-17/h2-3,5-6,15-16,23H,4,7-14H2,1H3/t15-,16-/m1/s1. The van der Waals surface area contributed by atoms with Crippen molar-refractivity contribution in [3.05, 3.63) is 30.1 Å². The first-order valence-corrected chi connectivity index (χ1v) is 8.89. The van der Waals surface area contributed by atoms with E-state index in [1.165, 1.54) is 6.42 Å². The van der Waals surface area contributed by atoms with Crippen molar-refractivity contribution in [3.8, 4) is 0 Å². The van der Waals surface area contributed by atoms with Gasteiger partial charge in [-0.25, -0.2) is 0 Å². The maximum Gasteiger partial charge on any atom is 0.272 e. The minimum absolute atomic E-state index is 0.0212. The molecule has 1 amide bonds. The summed E-state index contributed by atoms with van der Waals surface area (Å²) in [7, 11) is 2.17. The summed E-state index contributed by atoms with van der Waals surface area (Å²) >= 11 is 0. The molecule has 1 aromatic heterocycles. The van der Waals surface area contributed by atoms with Crippen molar-refractivity contribution in [2.45, 2.75) is 6.42 Å². The van der Waals surface area contributed by atoms with Crippen LogP contribution in [0, 0.1) is 11.8 Å². The Bertz CT molecular complexity index is 539. The van der Waals surface area contributed by atoms with E-state index in [2.05, 4.69) is 21.8 Å². The third-order valence-electron chi connectivity index (χ3n) is 5.29. The van der Waals surface area contributed by atoms with E-state index in [1.807, 2.05) is 17.0 Å². The van der Waals surface area contributed by atoms with Gasteiger partial charge in [0.05, 0.1) is 0 Å². The maximum atomic E-state index is 12.6. The Morgan fingerprint density at radius 3 is 2.79 bits per heavy atom. The summed E-state index contributed by atoms with van der Waals surface area (Å²) in [4.78, 5) is 23.5. The molecule has 6 nitrogen and oxygen atoms in total. The second kappa shape index (κ2) is 8.05. The Hall–Kier alpha value is -1.50. The van der Waals surface area contributed by atoms with Gasteiger partial charge in [0, 0.05) is 51.4 Å². The fraction of sp³-hybridized carbons (Fsp3) is 0.667. The first-order valence-electron chi connectivity index (χ1n) is 8.89. The number of likely N-dealkylation sites (tertiary alicyclic amines) is 1. The number of amides is 1. The molecule has 0 spiro atoms. The van der Waals surface area contributed by atoms with Crippen LogP contribution in [0.2, 0.25) is 0 Å². The second-order valence-corrected chi connectivity index (χ2v) is 7.09. The van der Waals surface area contributed by atoms with E-state index in [-0.39, 0.29) is 18.4 Å². The zero-order valence-corrected chi connectivity index (χ0v) is 14.5. The van der Waals surface area contributed by atoms with E-state index in [0.717, 1.165) is 32.7 Å². The SMILES string of the molecule is CN1CCCN(C[C@@H]2CN(C(=O)c3ccccn3)C[C@@H]2CO)CC1. The van der Waals surface area contributed by atoms with E-state index < -0.39 is 0 Å². The predicted octanol–water partition coefficient (Wildman–Crippen LogP) is 0.400. The Morgan fingerprint density at radius 2 is 2.04 bits per heavy atom. The van der Waals surface area contributed by atoms with Gasteiger partial charge >= 0.3 is 0 Å². The second-order valence-electron chi connectivity index (χ2n) is 7.09. The number of carbonyl (C=O) groups is 1. The van der Waals surface area contributed by atoms with Gasteiger partial charge in [-0.2, -0.15) is 0 Å². The van der Waals surface area contributed by atoms with Gasteiger partial charge in [0.15, 0.2) is 0 Å². The predicted molar refractivity (Wildman–Crippen MR) is 92.8 cm³/mol. The fourth-order valence-corrected chi connectivity index (χ4v) is 3.78. The van der Waals surface area contributed by atoms with E-state index in [0.29, 0.717) is 24.7 Å². The highest BCUT2D eigenvalue weighted by Gasteiger charge is 2.36. The van der Waals surface area contributed by atoms with Crippen molar-refractivity contribution < 1.29 is 9.90 Å². The van der Waals surface area contributed by atoms with Gasteiger partial charge in [-0.15, -0.1) is 0 Å². The molecule has 3 rings (SSSR count). The van der Waals surface area contributed by atoms with E-state index in [4.69, 9.17) is 0 Å². The number of pyridine rings is 1. The number of aliphatic hydroxyl groups excluding tert-OH is 1. The maximum absolute atomic E-state index is 12.6. The van der Waals surface area contributed by atoms with Crippen molar-refractivity contribution in [2.24, 2.45) is 11.8 Å². The van der Waals surface area contributed by atoms with Gasteiger partial charge in [-0.3, -0.25) is 9.78 Å². The summed E-state index contributed by atoms with van der Waals surface area (Å²) in [6.45, 7) is 6.86. The highest BCUT2D eigenvalue weighted by Crippen LogP contribution is 2.25. The average molecular weight is 332 g/mol. The smallest absolute Gasteiger partial charge is 0.272 e. The van der Waals surface area contributed by atoms with Gasteiger partial charge in [0.2, 0.25) is 0 Å². The lowest BCUT2D eigenvalue weighted by molar-refractivity contribution is 0.0773. The molecule has 0 unspecified atom stereocenters. The largest absolute Gasteiger partial charge is 0.396 e. The molecule has 1 aromatic rings. The molecule has 2 atom stereocenters. The van der Waals surface area contributed by atoms with Gasteiger partial charge in [-0.1, -0.05) is 6.07 Å². The molecule has 2 aliphatic heterocycles. The van der Waals surface area contributed by atoms with Gasteiger partial charge in [0.25, 0.3) is 5.91 Å². The van der Waals surface area contributed by atoms with Crippen LogP contribution in [0.15, 0.2) is 24.4 Å². The number of hydrogen-bond acceptors (Lipinski definition) is 5. The molecular formula is C18H28N4O2. The molecule has 0 bridgehead atoms. The summed E-state index contributed by atoms with van der Waals surface area (Å²) in [5.41, 5.74) is 0.492. The molecule has 0 aliphatic carbocycles. The average Bonchev–Trinajstić information content (AvgIpc) is 2.91. The summed E-state index contributed by atoms with van der Waals surface area (Å²) < 4.78 is 0. The van der Waals surface area contributed by atoms with E-state index in [9.17, 15) is 9.90 Å². The van der Waals surface area contributed by atoms with Crippen LogP contribution in [0.5, 0.6) is 0 Å². The summed E-state index contributed by atoms with van der Waals surface area (Å²) in [6, 6.07) is 5.41. The lowest BCUT2D eigenvalue weighted by Gasteiger charge is -2.26. The van der Waals surface area contributed by atoms with Crippen LogP contribution in [0.25, 0.3) is 0 Å². The highest BCUT2D eigenvalue weighted by molar-refractivity contribution is 5.92. The molecule has 0 aromatic carbocycles. The number of carbonyl (C=O) groups excluding carboxylic acids is 1. The van der Waals surface area contributed by atoms with Crippen molar-refractivity contribution in [1.82, 2.24) is 19.7 Å². The number of aromatic nitrogens is 1. The molecule has 0 saturated carbocycles. The van der Waals surface area contributed by atoms with Gasteiger partial charge < -0.3 is 19.8 Å². The normalized spacial score (nSPS) is 26.5. The lowest BCUT2D eigenvalue weighted by Crippen LogP contribution is -2.36. The molecule has 1 N–H and O–H groups in total. The highest BCUT2D eigenvalue weighted by atomic mass is 16.3. The summed E-state index contributed by atoms with van der Waals surface area (Å²) in [5, 5.41) is 9.75. The number of rotatable bonds is 4. The molecule has 6 heteroatoms. The van der Waals surface area contributed by atoms with Crippen LogP contribution in [0.4, 0.5) is 0 Å². The minimum Gasteiger partial charge on any atom is -0.396 e. The Balaban J connectivity index is 1.61. The third-order valence-corrected chi connectivity index (χ3v) is 5.29. The summed E-state index contributed by atoms with van der Waals surface area (Å²) in [5.74, 6) is 0.483.